The van der Waals surface area contributed by atoms with Crippen LogP contribution >= 0.6 is 11.6 Å². The van der Waals surface area contributed by atoms with Crippen molar-refractivity contribution in [1.29, 1.82) is 0 Å². The standard InChI is InChI=1S/C13H10ClN3O5S/c14-10-1-4-12(5-2-10)23(21,22)16-15-8-9-7-11(17(19)20)3-6-13(9)18/h1-8,16,18H/b15-8-. The molecule has 0 aliphatic heterocycles. The van der Waals surface area contributed by atoms with E-state index in [0.717, 1.165) is 24.4 Å². The van der Waals surface area contributed by atoms with Crippen molar-refractivity contribution >= 4 is 33.5 Å². The summed E-state index contributed by atoms with van der Waals surface area (Å²) in [6.45, 7) is 0. The summed E-state index contributed by atoms with van der Waals surface area (Å²) in [7, 11) is -3.91. The van der Waals surface area contributed by atoms with Crippen molar-refractivity contribution in [3.63, 3.8) is 0 Å². The predicted octanol–water partition coefficient (Wildman–Crippen LogP) is 2.27. The fraction of sp³-hybridized carbons (Fsp3) is 0. The van der Waals surface area contributed by atoms with E-state index in [9.17, 15) is 23.6 Å². The molecule has 0 unspecified atom stereocenters. The van der Waals surface area contributed by atoms with E-state index in [1.807, 2.05) is 4.83 Å². The van der Waals surface area contributed by atoms with Gasteiger partial charge < -0.3 is 5.11 Å². The number of phenols is 1. The van der Waals surface area contributed by atoms with Gasteiger partial charge in [-0.3, -0.25) is 10.1 Å². The fourth-order valence-corrected chi connectivity index (χ4v) is 2.51. The van der Waals surface area contributed by atoms with Gasteiger partial charge in [0.2, 0.25) is 0 Å². The highest BCUT2D eigenvalue weighted by Gasteiger charge is 2.13. The van der Waals surface area contributed by atoms with Gasteiger partial charge in [-0.05, 0) is 30.3 Å². The fourth-order valence-electron chi connectivity index (χ4n) is 1.59. The molecule has 2 aromatic carbocycles. The maximum absolute atomic E-state index is 12.0. The molecule has 0 atom stereocenters. The average molecular weight is 356 g/mol. The molecule has 0 aromatic heterocycles. The quantitative estimate of drug-likeness (QED) is 0.484. The van der Waals surface area contributed by atoms with Gasteiger partial charge in [0.05, 0.1) is 16.0 Å². The molecule has 120 valence electrons. The van der Waals surface area contributed by atoms with Crippen molar-refractivity contribution in [1.82, 2.24) is 4.83 Å². The Bertz CT molecular complexity index is 866. The highest BCUT2D eigenvalue weighted by atomic mass is 35.5. The number of nitro groups is 1. The average Bonchev–Trinajstić information content (AvgIpc) is 2.49. The second kappa shape index (κ2) is 6.63. The van der Waals surface area contributed by atoms with Crippen LogP contribution in [0.5, 0.6) is 5.75 Å². The van der Waals surface area contributed by atoms with Crippen molar-refractivity contribution in [3.8, 4) is 5.75 Å². The molecular formula is C13H10ClN3O5S. The smallest absolute Gasteiger partial charge is 0.276 e. The highest BCUT2D eigenvalue weighted by molar-refractivity contribution is 7.89. The minimum atomic E-state index is -3.91. The van der Waals surface area contributed by atoms with Crippen LogP contribution in [0.4, 0.5) is 5.69 Å². The number of nitrogens with zero attached hydrogens (tertiary/aromatic N) is 2. The predicted molar refractivity (Wildman–Crippen MR) is 84.1 cm³/mol. The van der Waals surface area contributed by atoms with E-state index in [4.69, 9.17) is 11.6 Å². The molecule has 0 radical (unpaired) electrons. The summed E-state index contributed by atoms with van der Waals surface area (Å²) >= 11 is 5.68. The number of nitrogens with one attached hydrogen (secondary N) is 1. The van der Waals surface area contributed by atoms with Crippen molar-refractivity contribution in [3.05, 3.63) is 63.2 Å². The highest BCUT2D eigenvalue weighted by Crippen LogP contribution is 2.21. The number of nitro benzene ring substituents is 1. The zero-order chi connectivity index (χ0) is 17.0. The summed E-state index contributed by atoms with van der Waals surface area (Å²) in [4.78, 5) is 11.9. The molecular weight excluding hydrogens is 346 g/mol. The van der Waals surface area contributed by atoms with Crippen LogP contribution < -0.4 is 4.83 Å². The van der Waals surface area contributed by atoms with E-state index in [1.165, 1.54) is 24.3 Å². The molecule has 0 bridgehead atoms. The molecule has 0 spiro atoms. The van der Waals surface area contributed by atoms with Gasteiger partial charge in [-0.1, -0.05) is 11.6 Å². The van der Waals surface area contributed by atoms with Crippen LogP contribution in [0.1, 0.15) is 5.56 Å². The molecule has 8 nitrogen and oxygen atoms in total. The molecule has 0 fully saturated rings. The molecule has 0 aliphatic carbocycles. The monoisotopic (exact) mass is 355 g/mol. The van der Waals surface area contributed by atoms with Gasteiger partial charge in [-0.15, -0.1) is 0 Å². The number of benzene rings is 2. The third-order valence-electron chi connectivity index (χ3n) is 2.72. The van der Waals surface area contributed by atoms with Crippen molar-refractivity contribution < 1.29 is 18.4 Å². The maximum atomic E-state index is 12.0. The second-order valence-corrected chi connectivity index (χ2v) is 6.40. The first-order valence-corrected chi connectivity index (χ1v) is 7.93. The topological polar surface area (TPSA) is 122 Å². The molecule has 0 amide bonds. The Morgan fingerprint density at radius 2 is 1.87 bits per heavy atom. The number of phenolic OH excluding ortho intramolecular Hbond substituents is 1. The number of halogens is 1. The van der Waals surface area contributed by atoms with Crippen LogP contribution in [-0.2, 0) is 10.0 Å². The number of sulfonamides is 1. The summed E-state index contributed by atoms with van der Waals surface area (Å²) in [5.74, 6) is -0.273. The molecule has 23 heavy (non-hydrogen) atoms. The van der Waals surface area contributed by atoms with E-state index in [0.29, 0.717) is 5.02 Å². The minimum absolute atomic E-state index is 0.00185. The van der Waals surface area contributed by atoms with E-state index in [2.05, 4.69) is 5.10 Å². The normalized spacial score (nSPS) is 11.5. The largest absolute Gasteiger partial charge is 0.507 e. The van der Waals surface area contributed by atoms with Gasteiger partial charge in [-0.2, -0.15) is 13.5 Å². The minimum Gasteiger partial charge on any atom is -0.507 e. The summed E-state index contributed by atoms with van der Waals surface area (Å²) in [6, 6.07) is 8.71. The van der Waals surface area contributed by atoms with Gasteiger partial charge in [0.15, 0.2) is 0 Å². The van der Waals surface area contributed by atoms with Crippen molar-refractivity contribution in [2.24, 2.45) is 5.10 Å². The second-order valence-electron chi connectivity index (χ2n) is 4.31. The van der Waals surface area contributed by atoms with Gasteiger partial charge in [0.1, 0.15) is 5.75 Å². The van der Waals surface area contributed by atoms with Crippen LogP contribution in [-0.4, -0.2) is 24.7 Å². The van der Waals surface area contributed by atoms with Gasteiger partial charge >= 0.3 is 0 Å². The number of hydrogen-bond donors (Lipinski definition) is 2. The van der Waals surface area contributed by atoms with Crippen LogP contribution in [0, 0.1) is 10.1 Å². The lowest BCUT2D eigenvalue weighted by Crippen LogP contribution is -2.18. The zero-order valence-electron chi connectivity index (χ0n) is 11.4. The van der Waals surface area contributed by atoms with Crippen molar-refractivity contribution in [2.45, 2.75) is 4.90 Å². The van der Waals surface area contributed by atoms with E-state index >= 15 is 0 Å². The Hall–Kier alpha value is -2.65. The third-order valence-corrected chi connectivity index (χ3v) is 4.21. The number of aromatic hydroxyl groups is 1. The van der Waals surface area contributed by atoms with Crippen LogP contribution in [0.25, 0.3) is 0 Å². The first-order valence-electron chi connectivity index (χ1n) is 6.07. The van der Waals surface area contributed by atoms with E-state index < -0.39 is 14.9 Å². The Morgan fingerprint density at radius 1 is 1.22 bits per heavy atom. The zero-order valence-corrected chi connectivity index (χ0v) is 13.0. The summed E-state index contributed by atoms with van der Waals surface area (Å²) < 4.78 is 23.9. The lowest BCUT2D eigenvalue weighted by Gasteiger charge is -2.03. The Balaban J connectivity index is 2.19. The van der Waals surface area contributed by atoms with Crippen LogP contribution in [0.3, 0.4) is 0 Å². The number of hydrogen-bond acceptors (Lipinski definition) is 6. The van der Waals surface area contributed by atoms with Crippen LogP contribution in [0.2, 0.25) is 5.02 Å². The van der Waals surface area contributed by atoms with E-state index in [1.54, 1.807) is 0 Å². The van der Waals surface area contributed by atoms with Gasteiger partial charge in [0.25, 0.3) is 15.7 Å². The molecule has 0 heterocycles. The third kappa shape index (κ3) is 4.18. The van der Waals surface area contributed by atoms with Crippen LogP contribution in [0.15, 0.2) is 52.5 Å². The summed E-state index contributed by atoms with van der Waals surface area (Å²) in [5.41, 5.74) is -0.261. The molecule has 2 rings (SSSR count). The number of rotatable bonds is 5. The number of hydrazone groups is 1. The number of non-ortho nitro benzene ring substituents is 1. The Labute approximate surface area is 136 Å². The van der Waals surface area contributed by atoms with E-state index in [-0.39, 0.29) is 21.9 Å². The van der Waals surface area contributed by atoms with Gasteiger partial charge in [0, 0.05) is 22.7 Å². The lowest BCUT2D eigenvalue weighted by molar-refractivity contribution is -0.384. The molecule has 0 saturated carbocycles. The molecule has 0 aliphatic rings. The first kappa shape index (κ1) is 16.7. The summed E-state index contributed by atoms with van der Waals surface area (Å²) in [6.07, 6.45) is 0.968. The van der Waals surface area contributed by atoms with Crippen molar-refractivity contribution in [2.75, 3.05) is 0 Å². The first-order chi connectivity index (χ1) is 10.8. The van der Waals surface area contributed by atoms with Gasteiger partial charge in [-0.25, -0.2) is 4.83 Å². The Kier molecular flexibility index (Phi) is 4.82. The summed E-state index contributed by atoms with van der Waals surface area (Å²) in [5, 5.41) is 24.1. The molecule has 2 aromatic rings. The molecule has 2 N–H and O–H groups in total. The maximum Gasteiger partial charge on any atom is 0.276 e. The Morgan fingerprint density at radius 3 is 2.48 bits per heavy atom. The molecule has 10 heteroatoms. The molecule has 0 saturated heterocycles. The lowest BCUT2D eigenvalue weighted by atomic mass is 10.2. The SMILES string of the molecule is O=[N+]([O-])c1ccc(O)c(/C=N\NS(=O)(=O)c2ccc(Cl)cc2)c1.